The number of likely N-dealkylation sites (tertiary alicyclic amines) is 1. The molecule has 1 aliphatic heterocycles. The number of aromatic nitrogens is 2. The monoisotopic (exact) mass is 379 g/mol. The number of hydrogen-bond donors (Lipinski definition) is 0. The Morgan fingerprint density at radius 1 is 1.11 bits per heavy atom. The zero-order valence-corrected chi connectivity index (χ0v) is 15.8. The highest BCUT2D eigenvalue weighted by molar-refractivity contribution is 5.80. The molecule has 1 saturated heterocycles. The van der Waals surface area contributed by atoms with Crippen molar-refractivity contribution in [3.05, 3.63) is 60.0 Å². The van der Waals surface area contributed by atoms with Crippen molar-refractivity contribution in [2.24, 2.45) is 0 Å². The number of benzene rings is 2. The van der Waals surface area contributed by atoms with Crippen LogP contribution >= 0.6 is 0 Å². The van der Waals surface area contributed by atoms with Gasteiger partial charge in [0.1, 0.15) is 0 Å². The second-order valence-electron chi connectivity index (χ2n) is 6.68. The minimum Gasteiger partial charge on any atom is -0.493 e. The highest BCUT2D eigenvalue weighted by Crippen LogP contribution is 2.30. The van der Waals surface area contributed by atoms with Crippen LogP contribution < -0.4 is 9.47 Å². The molecule has 0 atom stereocenters. The molecular weight excluding hydrogens is 358 g/mol. The van der Waals surface area contributed by atoms with Crippen molar-refractivity contribution in [1.82, 2.24) is 15.0 Å². The standard InChI is InChI=1S/C21H21N3O4/c1-26-17-9-8-14(10-18(17)27-2)11-19(25)24-12-16(13-24)21-22-20(23-28-21)15-6-4-3-5-7-15/h3-10,16H,11-13H2,1-2H3. The number of ether oxygens (including phenoxy) is 2. The third kappa shape index (κ3) is 3.55. The van der Waals surface area contributed by atoms with E-state index in [1.54, 1.807) is 19.1 Å². The SMILES string of the molecule is COc1ccc(CC(=O)N2CC(c3nc(-c4ccccc4)no3)C2)cc1OC. The predicted molar refractivity (Wildman–Crippen MR) is 102 cm³/mol. The molecule has 0 spiro atoms. The van der Waals surface area contributed by atoms with E-state index in [2.05, 4.69) is 10.1 Å². The van der Waals surface area contributed by atoms with Crippen LogP contribution in [0.2, 0.25) is 0 Å². The maximum atomic E-state index is 12.5. The molecule has 0 unspecified atom stereocenters. The minimum absolute atomic E-state index is 0.0614. The minimum atomic E-state index is 0.0614. The molecule has 7 nitrogen and oxygen atoms in total. The van der Waals surface area contributed by atoms with E-state index in [-0.39, 0.29) is 11.8 Å². The number of amides is 1. The highest BCUT2D eigenvalue weighted by atomic mass is 16.5. The molecule has 0 bridgehead atoms. The highest BCUT2D eigenvalue weighted by Gasteiger charge is 2.35. The van der Waals surface area contributed by atoms with Crippen molar-refractivity contribution in [3.8, 4) is 22.9 Å². The van der Waals surface area contributed by atoms with E-state index in [0.29, 0.717) is 42.7 Å². The van der Waals surface area contributed by atoms with Gasteiger partial charge in [0.15, 0.2) is 11.5 Å². The maximum absolute atomic E-state index is 12.5. The molecule has 2 heterocycles. The summed E-state index contributed by atoms with van der Waals surface area (Å²) in [5, 5.41) is 4.05. The van der Waals surface area contributed by atoms with Crippen molar-refractivity contribution >= 4 is 5.91 Å². The van der Waals surface area contributed by atoms with Gasteiger partial charge in [-0.15, -0.1) is 0 Å². The molecule has 0 radical (unpaired) electrons. The number of carbonyl (C=O) groups is 1. The normalized spacial score (nSPS) is 13.9. The lowest BCUT2D eigenvalue weighted by Gasteiger charge is -2.37. The topological polar surface area (TPSA) is 77.7 Å². The summed E-state index contributed by atoms with van der Waals surface area (Å²) >= 11 is 0. The van der Waals surface area contributed by atoms with Gasteiger partial charge in [-0.05, 0) is 17.7 Å². The Morgan fingerprint density at radius 3 is 2.57 bits per heavy atom. The third-order valence-corrected chi connectivity index (χ3v) is 4.86. The lowest BCUT2D eigenvalue weighted by atomic mass is 9.98. The van der Waals surface area contributed by atoms with Crippen LogP contribution in [-0.4, -0.2) is 48.3 Å². The number of hydrogen-bond acceptors (Lipinski definition) is 6. The Morgan fingerprint density at radius 2 is 1.86 bits per heavy atom. The number of nitrogens with zero attached hydrogens (tertiary/aromatic N) is 3. The molecular formula is C21H21N3O4. The first-order valence-corrected chi connectivity index (χ1v) is 9.05. The number of carbonyl (C=O) groups excluding carboxylic acids is 1. The van der Waals surface area contributed by atoms with E-state index in [9.17, 15) is 4.79 Å². The summed E-state index contributed by atoms with van der Waals surface area (Å²) in [5.74, 6) is 2.56. The van der Waals surface area contributed by atoms with Gasteiger partial charge in [0.25, 0.3) is 0 Å². The summed E-state index contributed by atoms with van der Waals surface area (Å²) in [5.41, 5.74) is 1.80. The van der Waals surface area contributed by atoms with E-state index in [0.717, 1.165) is 11.1 Å². The summed E-state index contributed by atoms with van der Waals surface area (Å²) in [6, 6.07) is 15.2. The van der Waals surface area contributed by atoms with Crippen molar-refractivity contribution in [2.45, 2.75) is 12.3 Å². The van der Waals surface area contributed by atoms with E-state index in [1.165, 1.54) is 0 Å². The van der Waals surface area contributed by atoms with Gasteiger partial charge in [0.2, 0.25) is 17.6 Å². The molecule has 4 rings (SSSR count). The van der Waals surface area contributed by atoms with Crippen LogP contribution in [-0.2, 0) is 11.2 Å². The van der Waals surface area contributed by atoms with Crippen molar-refractivity contribution < 1.29 is 18.8 Å². The first-order chi connectivity index (χ1) is 13.7. The average molecular weight is 379 g/mol. The van der Waals surface area contributed by atoms with Crippen molar-refractivity contribution in [2.75, 3.05) is 27.3 Å². The zero-order valence-electron chi connectivity index (χ0n) is 15.8. The van der Waals surface area contributed by atoms with Crippen LogP contribution in [0.4, 0.5) is 0 Å². The molecule has 1 aliphatic rings. The molecule has 0 saturated carbocycles. The molecule has 7 heteroatoms. The average Bonchev–Trinajstić information content (AvgIpc) is 3.17. The van der Waals surface area contributed by atoms with Gasteiger partial charge in [0, 0.05) is 18.7 Å². The van der Waals surface area contributed by atoms with Crippen molar-refractivity contribution in [1.29, 1.82) is 0 Å². The molecule has 144 valence electrons. The quantitative estimate of drug-likeness (QED) is 0.655. The van der Waals surface area contributed by atoms with Crippen LogP contribution in [0.15, 0.2) is 53.1 Å². The van der Waals surface area contributed by atoms with Crippen LogP contribution in [0.1, 0.15) is 17.4 Å². The predicted octanol–water partition coefficient (Wildman–Crippen LogP) is 2.92. The molecule has 3 aromatic rings. The first kappa shape index (κ1) is 18.0. The Hall–Kier alpha value is -3.35. The first-order valence-electron chi connectivity index (χ1n) is 9.05. The zero-order chi connectivity index (χ0) is 19.5. The largest absolute Gasteiger partial charge is 0.493 e. The molecule has 28 heavy (non-hydrogen) atoms. The van der Waals surface area contributed by atoms with Gasteiger partial charge in [-0.3, -0.25) is 4.79 Å². The van der Waals surface area contributed by atoms with E-state index >= 15 is 0 Å². The molecule has 1 amide bonds. The van der Waals surface area contributed by atoms with Crippen LogP contribution in [0.25, 0.3) is 11.4 Å². The fourth-order valence-electron chi connectivity index (χ4n) is 3.22. The Kier molecular flexibility index (Phi) is 4.97. The Balaban J connectivity index is 1.35. The molecule has 1 fully saturated rings. The fourth-order valence-corrected chi connectivity index (χ4v) is 3.22. The number of methoxy groups -OCH3 is 2. The molecule has 0 N–H and O–H groups in total. The lowest BCUT2D eigenvalue weighted by Crippen LogP contribution is -2.49. The summed E-state index contributed by atoms with van der Waals surface area (Å²) in [4.78, 5) is 18.8. The van der Waals surface area contributed by atoms with Gasteiger partial charge < -0.3 is 18.9 Å². The fraction of sp³-hybridized carbons (Fsp3) is 0.286. The molecule has 2 aromatic carbocycles. The van der Waals surface area contributed by atoms with E-state index < -0.39 is 0 Å². The van der Waals surface area contributed by atoms with E-state index in [4.69, 9.17) is 14.0 Å². The summed E-state index contributed by atoms with van der Waals surface area (Å²) < 4.78 is 15.9. The summed E-state index contributed by atoms with van der Waals surface area (Å²) in [6.07, 6.45) is 0.312. The lowest BCUT2D eigenvalue weighted by molar-refractivity contribution is -0.135. The second kappa shape index (κ2) is 7.72. The number of rotatable bonds is 6. The van der Waals surface area contributed by atoms with Gasteiger partial charge >= 0.3 is 0 Å². The van der Waals surface area contributed by atoms with Gasteiger partial charge in [-0.2, -0.15) is 4.98 Å². The maximum Gasteiger partial charge on any atom is 0.233 e. The third-order valence-electron chi connectivity index (χ3n) is 4.86. The van der Waals surface area contributed by atoms with Gasteiger partial charge in [-0.1, -0.05) is 41.6 Å². The summed E-state index contributed by atoms with van der Waals surface area (Å²) in [7, 11) is 3.17. The van der Waals surface area contributed by atoms with Crippen LogP contribution in [0.3, 0.4) is 0 Å². The Labute approximate surface area is 162 Å². The van der Waals surface area contributed by atoms with Gasteiger partial charge in [0.05, 0.1) is 26.6 Å². The summed E-state index contributed by atoms with van der Waals surface area (Å²) in [6.45, 7) is 1.17. The van der Waals surface area contributed by atoms with Crippen LogP contribution in [0, 0.1) is 0 Å². The second-order valence-corrected chi connectivity index (χ2v) is 6.68. The van der Waals surface area contributed by atoms with Crippen LogP contribution in [0.5, 0.6) is 11.5 Å². The van der Waals surface area contributed by atoms with Gasteiger partial charge in [-0.25, -0.2) is 0 Å². The molecule has 1 aromatic heterocycles. The van der Waals surface area contributed by atoms with E-state index in [1.807, 2.05) is 48.5 Å². The molecule has 0 aliphatic carbocycles. The smallest absolute Gasteiger partial charge is 0.233 e. The Bertz CT molecular complexity index is 965. The van der Waals surface area contributed by atoms with Crippen molar-refractivity contribution in [3.63, 3.8) is 0 Å².